The number of urea groups is 1. The van der Waals surface area contributed by atoms with Gasteiger partial charge >= 0.3 is 6.03 Å². The highest BCUT2D eigenvalue weighted by atomic mass is 79.9. The van der Waals surface area contributed by atoms with Gasteiger partial charge in [0.05, 0.1) is 38.5 Å². The number of anilines is 5. The fourth-order valence-electron chi connectivity index (χ4n) is 7.67. The second-order valence-electron chi connectivity index (χ2n) is 17.3. The van der Waals surface area contributed by atoms with Crippen LogP contribution in [0.1, 0.15) is 70.6 Å². The van der Waals surface area contributed by atoms with Crippen LogP contribution in [-0.2, 0) is 33.4 Å². The number of fused-ring (bicyclic) bond motifs is 1. The Balaban J connectivity index is 0.747. The van der Waals surface area contributed by atoms with E-state index in [9.17, 15) is 24.0 Å². The van der Waals surface area contributed by atoms with E-state index in [1.165, 1.54) is 12.4 Å². The summed E-state index contributed by atoms with van der Waals surface area (Å²) in [6.45, 7) is 5.97. The highest BCUT2D eigenvalue weighted by Gasteiger charge is 2.42. The van der Waals surface area contributed by atoms with E-state index in [1.54, 1.807) is 6.07 Å². The van der Waals surface area contributed by atoms with E-state index in [0.29, 0.717) is 120 Å². The molecule has 6 amide bonds. The molecule has 3 atom stereocenters. The highest BCUT2D eigenvalue weighted by molar-refractivity contribution is 9.10. The minimum atomic E-state index is -0.231. The molecule has 2 fully saturated rings. The lowest BCUT2D eigenvalue weighted by Crippen LogP contribution is -2.36. The molecule has 8 N–H and O–H groups in total. The van der Waals surface area contributed by atoms with Crippen LogP contribution in [0.5, 0.6) is 0 Å². The van der Waals surface area contributed by atoms with Gasteiger partial charge in [-0.3, -0.25) is 19.2 Å². The molecule has 71 heavy (non-hydrogen) atoms. The van der Waals surface area contributed by atoms with Gasteiger partial charge in [0.1, 0.15) is 18.0 Å². The average molecular weight is 1070 g/mol. The molecule has 19 nitrogen and oxygen atoms in total. The first-order valence-electron chi connectivity index (χ1n) is 24.7. The van der Waals surface area contributed by atoms with Crippen LogP contribution >= 0.6 is 27.7 Å². The molecule has 3 heterocycles. The fraction of sp³-hybridized carbons (Fsp3) is 0.540. The molecule has 0 bridgehead atoms. The number of amides is 6. The van der Waals surface area contributed by atoms with Crippen LogP contribution in [0.15, 0.2) is 77.5 Å². The molecule has 1 aromatic heterocycles. The summed E-state index contributed by atoms with van der Waals surface area (Å²) < 4.78 is 17.7. The minimum Gasteiger partial charge on any atom is -0.379 e. The molecule has 2 aromatic carbocycles. The number of aromatic nitrogens is 2. The van der Waals surface area contributed by atoms with Gasteiger partial charge in [0.15, 0.2) is 0 Å². The van der Waals surface area contributed by atoms with Crippen LogP contribution in [0.2, 0.25) is 0 Å². The lowest BCUT2D eigenvalue weighted by molar-refractivity contribution is -0.123. The molecule has 388 valence electrons. The second-order valence-corrected chi connectivity index (χ2v) is 19.5. The Morgan fingerprint density at radius 1 is 0.718 bits per heavy atom. The van der Waals surface area contributed by atoms with Crippen molar-refractivity contribution in [2.24, 2.45) is 0 Å². The maximum Gasteiger partial charge on any atom is 0.315 e. The summed E-state index contributed by atoms with van der Waals surface area (Å²) in [5, 5.41) is 24.6. The number of likely N-dealkylation sites (N-methyl/N-ethyl adjacent to an activating group) is 1. The van der Waals surface area contributed by atoms with Gasteiger partial charge in [0.2, 0.25) is 23.6 Å². The summed E-state index contributed by atoms with van der Waals surface area (Å²) in [4.78, 5) is 71.5. The summed E-state index contributed by atoms with van der Waals surface area (Å²) in [5.74, 6) is 1.88. The number of ether oxygens (including phenoxy) is 3. The first-order valence-corrected chi connectivity index (χ1v) is 26.5. The zero-order chi connectivity index (χ0) is 50.3. The second kappa shape index (κ2) is 33.4. The first-order chi connectivity index (χ1) is 34.6. The highest BCUT2D eigenvalue weighted by Crippen LogP contribution is 2.33. The zero-order valence-electron chi connectivity index (χ0n) is 40.8. The van der Waals surface area contributed by atoms with E-state index in [2.05, 4.69) is 73.3 Å². The molecule has 2 aliphatic rings. The number of benzene rings is 2. The Hall–Kier alpha value is -5.32. The minimum absolute atomic E-state index is 0.0616. The van der Waals surface area contributed by atoms with Crippen LogP contribution in [0.3, 0.4) is 0 Å². The van der Waals surface area contributed by atoms with Crippen molar-refractivity contribution in [1.29, 1.82) is 0 Å². The third-order valence-corrected chi connectivity index (χ3v) is 13.4. The molecule has 0 radical (unpaired) electrons. The standard InChI is InChI=1S/C50H72BrN11O8S/c1-62(25-9-20-48(66)59-40-15-7-14-39(33-40)58-44-34-43(55-36-56-44)57-38-13-6-12-37(51)32-38)24-5-4-21-52-46(64)18-8-19-47(65)54-23-11-27-69-29-31-70-30-28-68-26-10-22-53-45(63)17-3-2-16-42-49-41(35-71-42)60-50(67)61-49/h6-7,9,12-15,20,32-34,36,41-42,49H,2-5,8,10-11,16-19,21-31,35H2,1H3,(H,52,64)(H,53,63)(H,54,65)(H,59,66)(H2,60,61,67)(H2,55,56,57,58). The van der Waals surface area contributed by atoms with Crippen molar-refractivity contribution >= 4 is 86.0 Å². The van der Waals surface area contributed by atoms with Crippen LogP contribution in [-0.4, -0.2) is 147 Å². The topological polar surface area (TPSA) is 238 Å². The molecule has 0 spiro atoms. The molecular formula is C50H72BrN11O8S. The molecular weight excluding hydrogens is 995 g/mol. The smallest absolute Gasteiger partial charge is 0.315 e. The summed E-state index contributed by atoms with van der Waals surface area (Å²) in [6, 6.07) is 17.4. The molecule has 2 saturated heterocycles. The Labute approximate surface area is 430 Å². The molecule has 2 aliphatic heterocycles. The van der Waals surface area contributed by atoms with Gasteiger partial charge < -0.3 is 61.6 Å². The van der Waals surface area contributed by atoms with Gasteiger partial charge in [-0.1, -0.05) is 40.6 Å². The van der Waals surface area contributed by atoms with E-state index in [0.717, 1.165) is 66.7 Å². The number of halogens is 1. The first kappa shape index (κ1) is 56.6. The number of thioether (sulfide) groups is 1. The largest absolute Gasteiger partial charge is 0.379 e. The summed E-state index contributed by atoms with van der Waals surface area (Å²) in [6.07, 6.45) is 12.4. The maximum atomic E-state index is 12.6. The lowest BCUT2D eigenvalue weighted by atomic mass is 10.0. The predicted molar refractivity (Wildman–Crippen MR) is 282 cm³/mol. The van der Waals surface area contributed by atoms with Crippen molar-refractivity contribution in [1.82, 2.24) is 41.5 Å². The summed E-state index contributed by atoms with van der Waals surface area (Å²) >= 11 is 5.37. The molecule has 3 aromatic rings. The Morgan fingerprint density at radius 3 is 1.97 bits per heavy atom. The van der Waals surface area contributed by atoms with Gasteiger partial charge in [-0.05, 0) is 94.9 Å². The molecule has 0 aliphatic carbocycles. The Bertz CT molecular complexity index is 2140. The monoisotopic (exact) mass is 1070 g/mol. The van der Waals surface area contributed by atoms with Gasteiger partial charge in [-0.2, -0.15) is 11.8 Å². The molecule has 0 saturated carbocycles. The maximum absolute atomic E-state index is 12.6. The van der Waals surface area contributed by atoms with E-state index >= 15 is 0 Å². The number of carbonyl (C=O) groups excluding carboxylic acids is 5. The van der Waals surface area contributed by atoms with Gasteiger partial charge in [-0.15, -0.1) is 0 Å². The number of hydrogen-bond donors (Lipinski definition) is 8. The van der Waals surface area contributed by atoms with Crippen molar-refractivity contribution in [3.8, 4) is 0 Å². The third kappa shape index (κ3) is 24.1. The van der Waals surface area contributed by atoms with Crippen molar-refractivity contribution in [2.45, 2.75) is 88.0 Å². The third-order valence-electron chi connectivity index (χ3n) is 11.3. The number of carbonyl (C=O) groups is 5. The van der Waals surface area contributed by atoms with Gasteiger partial charge in [-0.25, -0.2) is 14.8 Å². The van der Waals surface area contributed by atoms with E-state index in [1.807, 2.05) is 73.4 Å². The SMILES string of the molecule is CN(CC=CC(=O)Nc1cccc(Nc2cc(Nc3cccc(Br)c3)ncn2)c1)CCCCNC(=O)CCCC(=O)NCCCOCCOCCOCCCNC(=O)CCCCC1SCC2NC(=O)NC21. The van der Waals surface area contributed by atoms with E-state index < -0.39 is 0 Å². The van der Waals surface area contributed by atoms with Crippen LogP contribution in [0, 0.1) is 0 Å². The number of unbranched alkanes of at least 4 members (excludes halogenated alkanes) is 2. The van der Waals surface area contributed by atoms with Crippen LogP contribution in [0.25, 0.3) is 0 Å². The Morgan fingerprint density at radius 2 is 1.31 bits per heavy atom. The van der Waals surface area contributed by atoms with Crippen molar-refractivity contribution in [3.05, 3.63) is 77.5 Å². The number of hydrogen-bond acceptors (Lipinski definition) is 14. The van der Waals surface area contributed by atoms with Crippen LogP contribution in [0.4, 0.5) is 33.5 Å². The van der Waals surface area contributed by atoms with Gasteiger partial charge in [0.25, 0.3) is 0 Å². The summed E-state index contributed by atoms with van der Waals surface area (Å²) in [7, 11) is 1.98. The number of rotatable bonds is 36. The fourth-order valence-corrected chi connectivity index (χ4v) is 9.62. The van der Waals surface area contributed by atoms with Crippen molar-refractivity contribution < 1.29 is 38.2 Å². The van der Waals surface area contributed by atoms with E-state index in [-0.39, 0.29) is 41.7 Å². The predicted octanol–water partition coefficient (Wildman–Crippen LogP) is 6.01. The normalized spacial score (nSPS) is 16.0. The zero-order valence-corrected chi connectivity index (χ0v) is 43.2. The summed E-state index contributed by atoms with van der Waals surface area (Å²) in [5.41, 5.74) is 2.29. The van der Waals surface area contributed by atoms with Gasteiger partial charge in [0, 0.05) is 103 Å². The molecule has 5 rings (SSSR count). The Kier molecular flexibility index (Phi) is 26.6. The average Bonchev–Trinajstić information content (AvgIpc) is 3.90. The quantitative estimate of drug-likeness (QED) is 0.0189. The van der Waals surface area contributed by atoms with Crippen molar-refractivity contribution in [3.63, 3.8) is 0 Å². The number of nitrogens with one attached hydrogen (secondary N) is 8. The van der Waals surface area contributed by atoms with Crippen LogP contribution < -0.4 is 42.5 Å². The molecule has 3 unspecified atom stereocenters. The number of nitrogens with zero attached hydrogens (tertiary/aromatic N) is 3. The molecule has 21 heteroatoms. The lowest BCUT2D eigenvalue weighted by Gasteiger charge is -2.16. The van der Waals surface area contributed by atoms with E-state index in [4.69, 9.17) is 14.2 Å². The van der Waals surface area contributed by atoms with Crippen molar-refractivity contribution in [2.75, 3.05) is 101 Å².